The van der Waals surface area contributed by atoms with Gasteiger partial charge >= 0.3 is 0 Å². The molecule has 0 saturated carbocycles. The summed E-state index contributed by atoms with van der Waals surface area (Å²) in [4.78, 5) is 16.6. The van der Waals surface area contributed by atoms with Gasteiger partial charge in [-0.05, 0) is 31.2 Å². The van der Waals surface area contributed by atoms with Gasteiger partial charge in [0.1, 0.15) is 5.69 Å². The number of hydrogen-bond acceptors (Lipinski definition) is 3. The van der Waals surface area contributed by atoms with E-state index in [-0.39, 0.29) is 5.91 Å². The normalized spacial score (nSPS) is 10.6. The molecule has 2 heterocycles. The van der Waals surface area contributed by atoms with Crippen LogP contribution in [0.5, 0.6) is 0 Å². The summed E-state index contributed by atoms with van der Waals surface area (Å²) in [6, 6.07) is 11.4. The predicted molar refractivity (Wildman–Crippen MR) is 85.7 cm³/mol. The Morgan fingerprint density at radius 1 is 1.24 bits per heavy atom. The number of aryl methyl sites for hydroxylation is 2. The third-order valence-electron chi connectivity index (χ3n) is 3.23. The van der Waals surface area contributed by atoms with Gasteiger partial charge in [0.05, 0.1) is 10.7 Å². The fourth-order valence-corrected chi connectivity index (χ4v) is 2.73. The van der Waals surface area contributed by atoms with Gasteiger partial charge in [-0.25, -0.2) is 4.98 Å². The molecule has 21 heavy (non-hydrogen) atoms. The molecule has 106 valence electrons. The number of amides is 1. The molecule has 0 fully saturated rings. The van der Waals surface area contributed by atoms with E-state index in [9.17, 15) is 4.79 Å². The van der Waals surface area contributed by atoms with Crippen molar-refractivity contribution in [3.8, 4) is 11.3 Å². The number of benzene rings is 1. The largest absolute Gasteiger partial charge is 0.347 e. The molecular formula is C16H15N3OS. The van der Waals surface area contributed by atoms with Crippen molar-refractivity contribution in [2.75, 3.05) is 5.32 Å². The molecular weight excluding hydrogens is 282 g/mol. The quantitative estimate of drug-likeness (QED) is 0.801. The maximum atomic E-state index is 12.1. The second kappa shape index (κ2) is 5.54. The molecule has 0 aliphatic carbocycles. The Bertz CT molecular complexity index is 771. The molecule has 5 heteroatoms. The molecule has 0 unspecified atom stereocenters. The number of thiazole rings is 1. The van der Waals surface area contributed by atoms with Crippen molar-refractivity contribution in [3.05, 3.63) is 58.7 Å². The van der Waals surface area contributed by atoms with E-state index in [0.717, 1.165) is 22.0 Å². The number of nitrogens with zero attached hydrogens (tertiary/aromatic N) is 2. The van der Waals surface area contributed by atoms with Crippen molar-refractivity contribution < 1.29 is 4.79 Å². The number of carbonyl (C=O) groups is 1. The van der Waals surface area contributed by atoms with E-state index in [1.54, 1.807) is 22.0 Å². The first-order valence-corrected chi connectivity index (χ1v) is 7.47. The molecule has 1 amide bonds. The number of anilines is 1. The second-order valence-electron chi connectivity index (χ2n) is 4.79. The number of nitrogens with one attached hydrogen (secondary N) is 1. The van der Waals surface area contributed by atoms with Gasteiger partial charge in [-0.1, -0.05) is 12.1 Å². The monoisotopic (exact) mass is 297 g/mol. The molecule has 2 aromatic heterocycles. The first-order chi connectivity index (χ1) is 10.1. The Balaban J connectivity index is 1.76. The molecule has 3 aromatic rings. The first-order valence-electron chi connectivity index (χ1n) is 6.59. The van der Waals surface area contributed by atoms with Crippen molar-refractivity contribution in [1.29, 1.82) is 0 Å². The topological polar surface area (TPSA) is 46.9 Å². The number of hydrogen-bond donors (Lipinski definition) is 1. The molecule has 0 spiro atoms. The number of aromatic nitrogens is 2. The lowest BCUT2D eigenvalue weighted by Crippen LogP contribution is -2.15. The maximum Gasteiger partial charge on any atom is 0.272 e. The zero-order chi connectivity index (χ0) is 14.8. The van der Waals surface area contributed by atoms with Crippen LogP contribution in [0.1, 0.15) is 15.5 Å². The Kier molecular flexibility index (Phi) is 3.58. The fraction of sp³-hybridized carbons (Fsp3) is 0.125. The average Bonchev–Trinajstić information content (AvgIpc) is 3.08. The third kappa shape index (κ3) is 2.87. The number of carbonyl (C=O) groups excluding carboxylic acids is 1. The van der Waals surface area contributed by atoms with Gasteiger partial charge in [-0.2, -0.15) is 0 Å². The zero-order valence-electron chi connectivity index (χ0n) is 11.8. The lowest BCUT2D eigenvalue weighted by Gasteiger charge is -2.06. The minimum atomic E-state index is -0.111. The Morgan fingerprint density at radius 2 is 2.00 bits per heavy atom. The Morgan fingerprint density at radius 3 is 2.57 bits per heavy atom. The summed E-state index contributed by atoms with van der Waals surface area (Å²) in [6.07, 6.45) is 1.85. The van der Waals surface area contributed by atoms with Crippen molar-refractivity contribution in [2.24, 2.45) is 7.05 Å². The highest BCUT2D eigenvalue weighted by atomic mass is 32.1. The molecule has 0 saturated heterocycles. The highest BCUT2D eigenvalue weighted by Gasteiger charge is 2.09. The highest BCUT2D eigenvalue weighted by molar-refractivity contribution is 7.09. The molecule has 1 aromatic carbocycles. The summed E-state index contributed by atoms with van der Waals surface area (Å²) in [5.74, 6) is -0.111. The average molecular weight is 297 g/mol. The van der Waals surface area contributed by atoms with Gasteiger partial charge in [0, 0.05) is 29.9 Å². The van der Waals surface area contributed by atoms with Crippen LogP contribution in [0.2, 0.25) is 0 Å². The number of rotatable bonds is 3. The van der Waals surface area contributed by atoms with Crippen LogP contribution in [-0.2, 0) is 7.05 Å². The Hall–Kier alpha value is -2.40. The van der Waals surface area contributed by atoms with Crippen LogP contribution in [0.25, 0.3) is 11.3 Å². The van der Waals surface area contributed by atoms with Crippen LogP contribution < -0.4 is 5.32 Å². The molecule has 0 atom stereocenters. The minimum Gasteiger partial charge on any atom is -0.347 e. The molecule has 1 N–H and O–H groups in total. The lowest BCUT2D eigenvalue weighted by molar-refractivity contribution is 0.101. The van der Waals surface area contributed by atoms with Crippen LogP contribution in [0.3, 0.4) is 0 Å². The van der Waals surface area contributed by atoms with Crippen molar-refractivity contribution >= 4 is 22.9 Å². The van der Waals surface area contributed by atoms with E-state index in [0.29, 0.717) is 5.69 Å². The molecule has 3 rings (SSSR count). The van der Waals surface area contributed by atoms with Crippen LogP contribution in [0, 0.1) is 6.92 Å². The standard InChI is InChI=1S/C16H15N3OS/c1-11-17-14(10-21-11)12-5-7-13(8-6-12)18-16(20)15-4-3-9-19(15)2/h3-10H,1-2H3,(H,18,20). The fourth-order valence-electron chi connectivity index (χ4n) is 2.11. The molecule has 0 aliphatic rings. The van der Waals surface area contributed by atoms with Crippen LogP contribution in [0.15, 0.2) is 48.0 Å². The van der Waals surface area contributed by atoms with Crippen molar-refractivity contribution in [3.63, 3.8) is 0 Å². The summed E-state index contributed by atoms with van der Waals surface area (Å²) >= 11 is 1.63. The van der Waals surface area contributed by atoms with E-state index < -0.39 is 0 Å². The highest BCUT2D eigenvalue weighted by Crippen LogP contribution is 2.23. The van der Waals surface area contributed by atoms with Crippen molar-refractivity contribution in [2.45, 2.75) is 6.92 Å². The molecule has 0 aliphatic heterocycles. The summed E-state index contributed by atoms with van der Waals surface area (Å²) in [6.45, 7) is 1.99. The van der Waals surface area contributed by atoms with E-state index in [2.05, 4.69) is 10.3 Å². The summed E-state index contributed by atoms with van der Waals surface area (Å²) < 4.78 is 1.79. The van der Waals surface area contributed by atoms with Gasteiger partial charge in [-0.3, -0.25) is 4.79 Å². The predicted octanol–water partition coefficient (Wildman–Crippen LogP) is 3.71. The maximum absolute atomic E-state index is 12.1. The van der Waals surface area contributed by atoms with Crippen LogP contribution in [0.4, 0.5) is 5.69 Å². The van der Waals surface area contributed by atoms with Gasteiger partial charge in [-0.15, -0.1) is 11.3 Å². The van der Waals surface area contributed by atoms with E-state index >= 15 is 0 Å². The first kappa shape index (κ1) is 13.6. The van der Waals surface area contributed by atoms with Gasteiger partial charge in [0.15, 0.2) is 0 Å². The second-order valence-corrected chi connectivity index (χ2v) is 5.85. The van der Waals surface area contributed by atoms with Gasteiger partial charge in [0.25, 0.3) is 5.91 Å². The van der Waals surface area contributed by atoms with E-state index in [1.165, 1.54) is 0 Å². The van der Waals surface area contributed by atoms with Crippen LogP contribution >= 0.6 is 11.3 Å². The summed E-state index contributed by atoms with van der Waals surface area (Å²) in [5.41, 5.74) is 3.43. The Labute approximate surface area is 127 Å². The van der Waals surface area contributed by atoms with Gasteiger partial charge in [0.2, 0.25) is 0 Å². The molecule has 4 nitrogen and oxygen atoms in total. The lowest BCUT2D eigenvalue weighted by atomic mass is 10.1. The molecule has 0 radical (unpaired) electrons. The summed E-state index contributed by atoms with van der Waals surface area (Å²) in [7, 11) is 1.85. The van der Waals surface area contributed by atoms with Crippen LogP contribution in [-0.4, -0.2) is 15.5 Å². The summed E-state index contributed by atoms with van der Waals surface area (Å²) in [5, 5.41) is 5.97. The molecule has 0 bridgehead atoms. The smallest absolute Gasteiger partial charge is 0.272 e. The minimum absolute atomic E-state index is 0.111. The SMILES string of the molecule is Cc1nc(-c2ccc(NC(=O)c3cccn3C)cc2)cs1. The zero-order valence-corrected chi connectivity index (χ0v) is 12.6. The van der Waals surface area contributed by atoms with E-state index in [1.807, 2.05) is 55.9 Å². The van der Waals surface area contributed by atoms with E-state index in [4.69, 9.17) is 0 Å². The van der Waals surface area contributed by atoms with Crippen molar-refractivity contribution in [1.82, 2.24) is 9.55 Å². The van der Waals surface area contributed by atoms with Gasteiger partial charge < -0.3 is 9.88 Å². The third-order valence-corrected chi connectivity index (χ3v) is 4.01.